The molecule has 1 aliphatic heterocycles. The topological polar surface area (TPSA) is 88.5 Å². The van der Waals surface area contributed by atoms with Crippen LogP contribution in [-0.4, -0.2) is 42.3 Å². The molecule has 1 N–H and O–H groups in total. The Morgan fingerprint density at radius 3 is 2.85 bits per heavy atom. The second-order valence-corrected chi connectivity index (χ2v) is 9.65. The van der Waals surface area contributed by atoms with Crippen LogP contribution in [-0.2, 0) is 17.1 Å². The summed E-state index contributed by atoms with van der Waals surface area (Å²) in [7, 11) is -1.91. The van der Waals surface area contributed by atoms with Crippen molar-refractivity contribution in [2.75, 3.05) is 13.1 Å². The molecule has 1 atom stereocenters. The molecule has 2 aromatic heterocycles. The van der Waals surface area contributed by atoms with Crippen LogP contribution in [0.25, 0.3) is 0 Å². The number of hydrogen-bond donors (Lipinski definition) is 1. The van der Waals surface area contributed by atoms with E-state index in [0.29, 0.717) is 23.7 Å². The first kappa shape index (κ1) is 19.8. The number of nitrogens with one attached hydrogen (secondary N) is 1. The van der Waals surface area contributed by atoms with Crippen LogP contribution in [0.2, 0.25) is 0 Å². The molecule has 2 aromatic rings. The van der Waals surface area contributed by atoms with Crippen LogP contribution in [0.1, 0.15) is 36.0 Å². The van der Waals surface area contributed by atoms with E-state index >= 15 is 0 Å². The lowest BCUT2D eigenvalue weighted by molar-refractivity contribution is 0.0947. The number of amides is 1. The maximum Gasteiger partial charge on any atom is 0.263 e. The molecule has 1 fully saturated rings. The predicted octanol–water partition coefficient (Wildman–Crippen LogP) is 1.81. The minimum atomic E-state index is -3.50. The van der Waals surface area contributed by atoms with Gasteiger partial charge in [-0.1, -0.05) is 12.5 Å². The van der Waals surface area contributed by atoms with Crippen molar-refractivity contribution in [2.45, 2.75) is 35.9 Å². The Morgan fingerprint density at radius 1 is 1.30 bits per heavy atom. The lowest BCUT2D eigenvalue weighted by atomic mass is 10.0. The molecular formula is C18H23N3O4S2. The molecule has 0 aromatic carbocycles. The van der Waals surface area contributed by atoms with Crippen molar-refractivity contribution in [2.24, 2.45) is 7.05 Å². The van der Waals surface area contributed by atoms with E-state index in [4.69, 9.17) is 0 Å². The largest absolute Gasteiger partial charge is 0.352 e. The van der Waals surface area contributed by atoms with E-state index in [9.17, 15) is 18.0 Å². The minimum absolute atomic E-state index is 0.0895. The first-order chi connectivity index (χ1) is 12.9. The molecule has 27 heavy (non-hydrogen) atoms. The average Bonchev–Trinajstić information content (AvgIpc) is 3.20. The monoisotopic (exact) mass is 409 g/mol. The number of aryl methyl sites for hydroxylation is 1. The lowest BCUT2D eigenvalue weighted by Gasteiger charge is -2.34. The number of carbonyl (C=O) groups is 1. The summed E-state index contributed by atoms with van der Waals surface area (Å²) in [6.45, 7) is 0.816. The number of aromatic nitrogens is 1. The summed E-state index contributed by atoms with van der Waals surface area (Å²) in [6.07, 6.45) is 4.69. The second kappa shape index (κ2) is 8.37. The first-order valence-electron chi connectivity index (χ1n) is 8.90. The molecule has 1 saturated heterocycles. The van der Waals surface area contributed by atoms with Crippen molar-refractivity contribution in [1.82, 2.24) is 14.2 Å². The van der Waals surface area contributed by atoms with Crippen molar-refractivity contribution in [3.8, 4) is 0 Å². The second-order valence-electron chi connectivity index (χ2n) is 6.58. The summed E-state index contributed by atoms with van der Waals surface area (Å²) in [5.41, 5.74) is -0.263. The molecule has 1 aliphatic rings. The quantitative estimate of drug-likeness (QED) is 0.788. The van der Waals surface area contributed by atoms with Gasteiger partial charge in [0.05, 0.1) is 0 Å². The summed E-state index contributed by atoms with van der Waals surface area (Å²) in [5.74, 6) is -0.431. The lowest BCUT2D eigenvalue weighted by Crippen LogP contribution is -2.45. The molecule has 1 unspecified atom stereocenters. The molecule has 7 nitrogen and oxygen atoms in total. The van der Waals surface area contributed by atoms with Gasteiger partial charge in [0.1, 0.15) is 9.77 Å². The molecule has 0 bridgehead atoms. The first-order valence-corrected chi connectivity index (χ1v) is 11.2. The van der Waals surface area contributed by atoms with Gasteiger partial charge in [-0.3, -0.25) is 9.59 Å². The van der Waals surface area contributed by atoms with E-state index in [1.807, 2.05) is 0 Å². The third-order valence-corrected chi connectivity index (χ3v) is 8.09. The molecule has 0 spiro atoms. The third kappa shape index (κ3) is 4.31. The van der Waals surface area contributed by atoms with Crippen molar-refractivity contribution >= 4 is 27.3 Å². The Hall–Kier alpha value is -1.97. The fourth-order valence-electron chi connectivity index (χ4n) is 3.32. The number of carbonyl (C=O) groups excluding carboxylic acids is 1. The Kier molecular flexibility index (Phi) is 6.13. The highest BCUT2D eigenvalue weighted by atomic mass is 32.2. The number of pyridine rings is 1. The molecular weight excluding hydrogens is 386 g/mol. The van der Waals surface area contributed by atoms with Gasteiger partial charge in [0.25, 0.3) is 21.5 Å². The highest BCUT2D eigenvalue weighted by Crippen LogP contribution is 2.29. The van der Waals surface area contributed by atoms with Crippen LogP contribution in [0.4, 0.5) is 0 Å². The Balaban J connectivity index is 1.65. The number of hydrogen-bond acceptors (Lipinski definition) is 5. The van der Waals surface area contributed by atoms with Crippen molar-refractivity contribution in [3.63, 3.8) is 0 Å². The third-order valence-electron chi connectivity index (χ3n) is 4.76. The van der Waals surface area contributed by atoms with Crippen LogP contribution in [0.3, 0.4) is 0 Å². The summed E-state index contributed by atoms with van der Waals surface area (Å²) >= 11 is 1.22. The van der Waals surface area contributed by atoms with E-state index in [-0.39, 0.29) is 17.2 Å². The Bertz CT molecular complexity index is 951. The van der Waals surface area contributed by atoms with Gasteiger partial charge in [-0.15, -0.1) is 11.3 Å². The van der Waals surface area contributed by atoms with Gasteiger partial charge < -0.3 is 9.88 Å². The number of piperidine rings is 1. The van der Waals surface area contributed by atoms with Crippen LogP contribution >= 0.6 is 11.3 Å². The van der Waals surface area contributed by atoms with Gasteiger partial charge in [0, 0.05) is 32.4 Å². The van der Waals surface area contributed by atoms with Crippen LogP contribution < -0.4 is 10.9 Å². The number of nitrogens with zero attached hydrogens (tertiary/aromatic N) is 2. The van der Waals surface area contributed by atoms with E-state index in [2.05, 4.69) is 5.32 Å². The van der Waals surface area contributed by atoms with E-state index < -0.39 is 15.9 Å². The molecule has 9 heteroatoms. The van der Waals surface area contributed by atoms with Gasteiger partial charge in [-0.05, 0) is 42.8 Å². The Morgan fingerprint density at radius 2 is 2.11 bits per heavy atom. The zero-order chi connectivity index (χ0) is 19.4. The van der Waals surface area contributed by atoms with Gasteiger partial charge in [0.2, 0.25) is 0 Å². The summed E-state index contributed by atoms with van der Waals surface area (Å²) < 4.78 is 29.0. The van der Waals surface area contributed by atoms with E-state index in [1.165, 1.54) is 22.0 Å². The molecule has 3 rings (SSSR count). The van der Waals surface area contributed by atoms with Gasteiger partial charge >= 0.3 is 0 Å². The Labute approximate surface area is 162 Å². The van der Waals surface area contributed by atoms with Crippen molar-refractivity contribution in [3.05, 3.63) is 51.8 Å². The van der Waals surface area contributed by atoms with Crippen molar-refractivity contribution < 1.29 is 13.2 Å². The van der Waals surface area contributed by atoms with Crippen LogP contribution in [0.5, 0.6) is 0 Å². The number of thiophene rings is 1. The number of sulfonamides is 1. The normalized spacial score (nSPS) is 18.3. The smallest absolute Gasteiger partial charge is 0.263 e. The van der Waals surface area contributed by atoms with Gasteiger partial charge in [-0.25, -0.2) is 8.42 Å². The molecule has 146 valence electrons. The molecule has 1 amide bonds. The molecule has 3 heterocycles. The summed E-state index contributed by atoms with van der Waals surface area (Å²) in [5, 5.41) is 4.51. The van der Waals surface area contributed by atoms with E-state index in [0.717, 1.165) is 19.3 Å². The van der Waals surface area contributed by atoms with Crippen LogP contribution in [0, 0.1) is 0 Å². The highest BCUT2D eigenvalue weighted by molar-refractivity contribution is 7.91. The molecule has 0 aliphatic carbocycles. The van der Waals surface area contributed by atoms with Crippen LogP contribution in [0.15, 0.2) is 44.8 Å². The minimum Gasteiger partial charge on any atom is -0.352 e. The zero-order valence-corrected chi connectivity index (χ0v) is 16.8. The number of rotatable bonds is 6. The fourth-order valence-corrected chi connectivity index (χ4v) is 6.17. The standard InChI is InChI=1S/C18H23N3O4S2/c1-20-11-4-7-15(18(20)23)17(22)19-10-9-14-6-2-3-12-21(14)27(24,25)16-8-5-13-26-16/h4-5,7-8,11,13-14H,2-3,6,9-10,12H2,1H3,(H,19,22). The predicted molar refractivity (Wildman–Crippen MR) is 104 cm³/mol. The summed E-state index contributed by atoms with van der Waals surface area (Å²) in [6, 6.07) is 6.35. The SMILES string of the molecule is Cn1cccc(C(=O)NCCC2CCCCN2S(=O)(=O)c2cccs2)c1=O. The van der Waals surface area contributed by atoms with Crippen molar-refractivity contribution in [1.29, 1.82) is 0 Å². The maximum atomic E-state index is 12.9. The highest BCUT2D eigenvalue weighted by Gasteiger charge is 2.33. The average molecular weight is 410 g/mol. The zero-order valence-electron chi connectivity index (χ0n) is 15.1. The van der Waals surface area contributed by atoms with E-state index in [1.54, 1.807) is 41.1 Å². The molecule has 0 radical (unpaired) electrons. The maximum absolute atomic E-state index is 12.9. The van der Waals surface area contributed by atoms with Gasteiger partial charge in [0.15, 0.2) is 0 Å². The summed E-state index contributed by atoms with van der Waals surface area (Å²) in [4.78, 5) is 24.3. The molecule has 0 saturated carbocycles. The fraction of sp³-hybridized carbons (Fsp3) is 0.444. The van der Waals surface area contributed by atoms with Gasteiger partial charge in [-0.2, -0.15) is 4.31 Å².